The Morgan fingerprint density at radius 3 is 2.00 bits per heavy atom. The van der Waals surface area contributed by atoms with Gasteiger partial charge < -0.3 is 31.4 Å². The topological polar surface area (TPSA) is 134 Å². The monoisotopic (exact) mass is 564 g/mol. The minimum atomic E-state index is -0.664. The van der Waals surface area contributed by atoms with Gasteiger partial charge in [-0.2, -0.15) is 0 Å². The number of unbranched alkanes of at least 4 members (excludes halogenated alkanes) is 15. The average Bonchev–Trinajstić information content (AvgIpc) is 3.47. The molecule has 0 bridgehead atoms. The predicted octanol–water partition coefficient (Wildman–Crippen LogP) is 4.77. The zero-order valence-corrected chi connectivity index (χ0v) is 25.5. The minimum absolute atomic E-state index is 0.140. The first kappa shape index (κ1) is 36.1. The molecular weight excluding hydrogens is 504 g/mol. The van der Waals surface area contributed by atoms with Gasteiger partial charge in [0.2, 0.25) is 11.8 Å². The van der Waals surface area contributed by atoms with E-state index in [0.717, 1.165) is 18.7 Å². The maximum Gasteiger partial charge on any atom is 0.243 e. The van der Waals surface area contributed by atoms with E-state index in [2.05, 4.69) is 32.8 Å². The highest BCUT2D eigenvalue weighted by Crippen LogP contribution is 2.13. The van der Waals surface area contributed by atoms with Crippen LogP contribution in [0.15, 0.2) is 12.5 Å². The number of nitrogens with zero attached hydrogens (tertiary/aromatic N) is 1. The molecule has 0 unspecified atom stereocenters. The van der Waals surface area contributed by atoms with Crippen LogP contribution in [-0.2, 0) is 20.7 Å². The summed E-state index contributed by atoms with van der Waals surface area (Å²) in [4.78, 5) is 32.1. The third kappa shape index (κ3) is 21.8. The Morgan fingerprint density at radius 2 is 1.45 bits per heavy atom. The predicted molar refractivity (Wildman–Crippen MR) is 164 cm³/mol. The molecule has 0 aliphatic heterocycles. The van der Waals surface area contributed by atoms with Crippen LogP contribution in [0, 0.1) is 0 Å². The molecule has 9 nitrogen and oxygen atoms in total. The highest BCUT2D eigenvalue weighted by Gasteiger charge is 2.21. The van der Waals surface area contributed by atoms with Crippen LogP contribution in [0.3, 0.4) is 0 Å². The lowest BCUT2D eigenvalue weighted by Crippen LogP contribution is -2.49. The largest absolute Gasteiger partial charge is 0.378 e. The summed E-state index contributed by atoms with van der Waals surface area (Å²) in [5, 5.41) is 9.05. The van der Waals surface area contributed by atoms with Gasteiger partial charge in [0.15, 0.2) is 0 Å². The Morgan fingerprint density at radius 1 is 0.850 bits per heavy atom. The van der Waals surface area contributed by atoms with Gasteiger partial charge in [-0.15, -0.1) is 0 Å². The highest BCUT2D eigenvalue weighted by atomic mass is 16.5. The molecule has 1 rings (SSSR count). The summed E-state index contributed by atoms with van der Waals surface area (Å²) >= 11 is 0. The number of nitrogens with two attached hydrogens (primary N) is 1. The molecule has 1 heterocycles. The molecule has 0 aromatic carbocycles. The van der Waals surface area contributed by atoms with Gasteiger partial charge in [0.25, 0.3) is 0 Å². The number of rotatable bonds is 29. The first-order chi connectivity index (χ1) is 19.7. The molecule has 0 aliphatic rings. The van der Waals surface area contributed by atoms with Gasteiger partial charge in [-0.05, 0) is 13.0 Å². The lowest BCUT2D eigenvalue weighted by atomic mass is 10.0. The third-order valence-electron chi connectivity index (χ3n) is 7.17. The first-order valence-electron chi connectivity index (χ1n) is 16.2. The maximum atomic E-state index is 12.6. The molecular formula is C31H60N6O3. The molecule has 0 spiro atoms. The Bertz CT molecular complexity index is 701. The molecule has 232 valence electrons. The number of carbonyl (C=O) groups excluding carboxylic acids is 2. The van der Waals surface area contributed by atoms with Crippen LogP contribution < -0.4 is 21.7 Å². The Hall–Kier alpha value is -1.97. The standard InChI is InChI=1S/C31H60N6O3/c1-2-3-4-5-6-7-8-9-10-11-12-13-14-15-16-17-20-33-21-18-30(38)37-29(25-28-26-34-27-36-28)31(39)35-22-24-40-23-19-32/h26-27,29,33H,2-25,32H2,1H3,(H,34,36)(H,35,39)(H,37,38)/t29-/m0/s1. The smallest absolute Gasteiger partial charge is 0.243 e. The second-order valence-electron chi connectivity index (χ2n) is 10.9. The molecule has 0 saturated carbocycles. The number of ether oxygens (including phenoxy) is 1. The second-order valence-corrected chi connectivity index (χ2v) is 10.9. The van der Waals surface area contributed by atoms with E-state index < -0.39 is 6.04 Å². The summed E-state index contributed by atoms with van der Waals surface area (Å²) in [6.07, 6.45) is 25.8. The van der Waals surface area contributed by atoms with Crippen molar-refractivity contribution in [2.75, 3.05) is 39.4 Å². The quantitative estimate of drug-likeness (QED) is 0.0890. The number of carbonyl (C=O) groups is 2. The molecule has 9 heteroatoms. The van der Waals surface area contributed by atoms with Gasteiger partial charge in [0.1, 0.15) is 6.04 Å². The summed E-state index contributed by atoms with van der Waals surface area (Å²) in [5.41, 5.74) is 6.19. The number of aromatic nitrogens is 2. The number of nitrogens with one attached hydrogen (secondary N) is 4. The molecule has 1 atom stereocenters. The highest BCUT2D eigenvalue weighted by molar-refractivity contribution is 5.87. The van der Waals surface area contributed by atoms with Crippen molar-refractivity contribution in [1.82, 2.24) is 25.9 Å². The fourth-order valence-corrected chi connectivity index (χ4v) is 4.77. The van der Waals surface area contributed by atoms with Crippen LogP contribution >= 0.6 is 0 Å². The van der Waals surface area contributed by atoms with Crippen molar-refractivity contribution in [3.8, 4) is 0 Å². The molecule has 1 aromatic heterocycles. The van der Waals surface area contributed by atoms with E-state index in [-0.39, 0.29) is 11.8 Å². The molecule has 0 radical (unpaired) electrons. The Balaban J connectivity index is 2.00. The summed E-state index contributed by atoms with van der Waals surface area (Å²) in [6.45, 7) is 5.46. The Kier molecular flexibility index (Phi) is 24.5. The molecule has 1 aromatic rings. The maximum absolute atomic E-state index is 12.6. The van der Waals surface area contributed by atoms with Crippen LogP contribution in [0.2, 0.25) is 0 Å². The zero-order valence-electron chi connectivity index (χ0n) is 25.5. The summed E-state index contributed by atoms with van der Waals surface area (Å²) < 4.78 is 5.30. The summed E-state index contributed by atoms with van der Waals surface area (Å²) in [5.74, 6) is -0.376. The number of amides is 2. The average molecular weight is 565 g/mol. The van der Waals surface area contributed by atoms with Crippen LogP contribution in [0.1, 0.15) is 122 Å². The van der Waals surface area contributed by atoms with E-state index in [0.29, 0.717) is 45.7 Å². The van der Waals surface area contributed by atoms with Crippen molar-refractivity contribution < 1.29 is 14.3 Å². The van der Waals surface area contributed by atoms with Crippen molar-refractivity contribution in [1.29, 1.82) is 0 Å². The molecule has 0 fully saturated rings. The third-order valence-corrected chi connectivity index (χ3v) is 7.17. The normalized spacial score (nSPS) is 11.9. The molecule has 40 heavy (non-hydrogen) atoms. The zero-order chi connectivity index (χ0) is 28.9. The minimum Gasteiger partial charge on any atom is -0.378 e. The second kappa shape index (κ2) is 27.2. The molecule has 0 aliphatic carbocycles. The van der Waals surface area contributed by atoms with Crippen molar-refractivity contribution in [3.05, 3.63) is 18.2 Å². The van der Waals surface area contributed by atoms with Crippen LogP contribution in [0.25, 0.3) is 0 Å². The summed E-state index contributed by atoms with van der Waals surface area (Å²) in [6, 6.07) is -0.664. The molecule has 2 amide bonds. The van der Waals surface area contributed by atoms with Crippen LogP contribution in [-0.4, -0.2) is 67.2 Å². The van der Waals surface area contributed by atoms with Crippen LogP contribution in [0.5, 0.6) is 0 Å². The van der Waals surface area contributed by atoms with E-state index in [1.807, 2.05) is 0 Å². The van der Waals surface area contributed by atoms with Crippen molar-refractivity contribution >= 4 is 11.8 Å². The van der Waals surface area contributed by atoms with E-state index in [1.165, 1.54) is 96.3 Å². The summed E-state index contributed by atoms with van der Waals surface area (Å²) in [7, 11) is 0. The first-order valence-corrected chi connectivity index (χ1v) is 16.2. The number of imidazole rings is 1. The van der Waals surface area contributed by atoms with Gasteiger partial charge in [-0.3, -0.25) is 9.59 Å². The van der Waals surface area contributed by atoms with Gasteiger partial charge in [-0.25, -0.2) is 4.98 Å². The number of H-pyrrole nitrogens is 1. The van der Waals surface area contributed by atoms with Gasteiger partial charge in [0.05, 0.1) is 19.5 Å². The van der Waals surface area contributed by atoms with Crippen molar-refractivity contribution in [3.63, 3.8) is 0 Å². The number of hydrogen-bond acceptors (Lipinski definition) is 6. The fourth-order valence-electron chi connectivity index (χ4n) is 4.77. The fraction of sp³-hybridized carbons (Fsp3) is 0.839. The molecule has 0 saturated heterocycles. The van der Waals surface area contributed by atoms with E-state index in [9.17, 15) is 9.59 Å². The molecule has 6 N–H and O–H groups in total. The van der Waals surface area contributed by atoms with Crippen molar-refractivity contribution in [2.24, 2.45) is 5.73 Å². The van der Waals surface area contributed by atoms with Crippen LogP contribution in [0.4, 0.5) is 0 Å². The van der Waals surface area contributed by atoms with E-state index >= 15 is 0 Å². The Labute approximate surface area is 244 Å². The van der Waals surface area contributed by atoms with Gasteiger partial charge >= 0.3 is 0 Å². The number of aromatic amines is 1. The van der Waals surface area contributed by atoms with Crippen molar-refractivity contribution in [2.45, 2.75) is 129 Å². The lowest BCUT2D eigenvalue weighted by Gasteiger charge is -2.18. The van der Waals surface area contributed by atoms with Gasteiger partial charge in [0, 0.05) is 44.4 Å². The number of hydrogen-bond donors (Lipinski definition) is 5. The van der Waals surface area contributed by atoms with Gasteiger partial charge in [-0.1, -0.05) is 103 Å². The van der Waals surface area contributed by atoms with E-state index in [4.69, 9.17) is 10.5 Å². The SMILES string of the molecule is CCCCCCCCCCCCCCCCCCNCCC(=O)N[C@@H](Cc1cnc[nH]1)C(=O)NCCOCCN. The van der Waals surface area contributed by atoms with E-state index in [1.54, 1.807) is 12.5 Å². The lowest BCUT2D eigenvalue weighted by molar-refractivity contribution is -0.129.